The summed E-state index contributed by atoms with van der Waals surface area (Å²) in [5.41, 5.74) is 2.49. The normalized spacial score (nSPS) is 14.9. The quantitative estimate of drug-likeness (QED) is 0.859. The first-order valence-electron chi connectivity index (χ1n) is 6.59. The lowest BCUT2D eigenvalue weighted by Gasteiger charge is -2.21. The first-order valence-corrected chi connectivity index (χ1v) is 7.76. The Hall–Kier alpha value is -1.23. The molecule has 1 atom stereocenters. The zero-order valence-corrected chi connectivity index (χ0v) is 13.7. The molecular weight excluding hydrogens is 356 g/mol. The van der Waals surface area contributed by atoms with Gasteiger partial charge in [0, 0.05) is 16.1 Å². The second-order valence-electron chi connectivity index (χ2n) is 4.93. The van der Waals surface area contributed by atoms with Crippen molar-refractivity contribution >= 4 is 27.5 Å². The maximum Gasteiger partial charge on any atom is 0.162 e. The zero-order chi connectivity index (χ0) is 15.0. The molecule has 3 nitrogen and oxygen atoms in total. The van der Waals surface area contributed by atoms with Gasteiger partial charge in [-0.05, 0) is 30.2 Å². The van der Waals surface area contributed by atoms with Gasteiger partial charge >= 0.3 is 0 Å². The first-order chi connectivity index (χ1) is 10.1. The van der Waals surface area contributed by atoms with Crippen LogP contribution in [0.4, 0.5) is 0 Å². The molecule has 0 saturated carbocycles. The van der Waals surface area contributed by atoms with Crippen molar-refractivity contribution < 1.29 is 14.6 Å². The van der Waals surface area contributed by atoms with Crippen molar-refractivity contribution in [1.82, 2.24) is 0 Å². The maximum absolute atomic E-state index is 10.6. The van der Waals surface area contributed by atoms with Crippen LogP contribution in [0.25, 0.3) is 0 Å². The van der Waals surface area contributed by atoms with Crippen LogP contribution >= 0.6 is 27.5 Å². The third-order valence-corrected chi connectivity index (χ3v) is 4.65. The first kappa shape index (κ1) is 14.7. The molecule has 0 spiro atoms. The van der Waals surface area contributed by atoms with E-state index in [0.717, 1.165) is 15.6 Å². The summed E-state index contributed by atoms with van der Waals surface area (Å²) >= 11 is 9.75. The molecule has 5 heteroatoms. The third-order valence-electron chi connectivity index (χ3n) is 3.47. The van der Waals surface area contributed by atoms with Gasteiger partial charge in [-0.3, -0.25) is 0 Å². The van der Waals surface area contributed by atoms with Crippen LogP contribution in [0.5, 0.6) is 11.5 Å². The van der Waals surface area contributed by atoms with Gasteiger partial charge in [0.1, 0.15) is 19.3 Å². The molecular formula is C16H14BrClO3. The predicted molar refractivity (Wildman–Crippen MR) is 85.4 cm³/mol. The fourth-order valence-corrected chi connectivity index (χ4v) is 2.90. The van der Waals surface area contributed by atoms with E-state index in [1.165, 1.54) is 0 Å². The van der Waals surface area contributed by atoms with E-state index in [4.69, 9.17) is 21.1 Å². The Bertz CT molecular complexity index is 687. The van der Waals surface area contributed by atoms with Gasteiger partial charge < -0.3 is 14.6 Å². The van der Waals surface area contributed by atoms with E-state index in [1.807, 2.05) is 25.1 Å². The van der Waals surface area contributed by atoms with Crippen molar-refractivity contribution in [2.75, 3.05) is 13.2 Å². The molecule has 0 saturated heterocycles. The molecule has 0 fully saturated rings. The number of aliphatic hydroxyl groups is 1. The number of hydrogen-bond acceptors (Lipinski definition) is 3. The molecule has 0 aliphatic carbocycles. The molecule has 1 heterocycles. The summed E-state index contributed by atoms with van der Waals surface area (Å²) in [6, 6.07) is 9.17. The molecule has 21 heavy (non-hydrogen) atoms. The minimum absolute atomic E-state index is 0.462. The standard InChI is InChI=1S/C16H14BrClO3/c1-9-2-3-10(6-12(9)17)16(19)11-7-14-15(8-13(11)18)21-5-4-20-14/h2-3,6-8,16,19H,4-5H2,1H3. The van der Waals surface area contributed by atoms with Gasteiger partial charge in [-0.15, -0.1) is 0 Å². The Morgan fingerprint density at radius 3 is 2.48 bits per heavy atom. The highest BCUT2D eigenvalue weighted by Gasteiger charge is 2.20. The van der Waals surface area contributed by atoms with Crippen LogP contribution < -0.4 is 9.47 Å². The van der Waals surface area contributed by atoms with Crippen molar-refractivity contribution in [1.29, 1.82) is 0 Å². The van der Waals surface area contributed by atoms with Gasteiger partial charge in [-0.25, -0.2) is 0 Å². The van der Waals surface area contributed by atoms with Crippen LogP contribution in [0.3, 0.4) is 0 Å². The topological polar surface area (TPSA) is 38.7 Å². The predicted octanol–water partition coefficient (Wildman–Crippen LogP) is 4.26. The summed E-state index contributed by atoms with van der Waals surface area (Å²) in [4.78, 5) is 0. The summed E-state index contributed by atoms with van der Waals surface area (Å²) in [6.07, 6.45) is -0.815. The SMILES string of the molecule is Cc1ccc(C(O)c2cc3c(cc2Cl)OCCO3)cc1Br. The average Bonchev–Trinajstić information content (AvgIpc) is 2.48. The summed E-state index contributed by atoms with van der Waals surface area (Å²) < 4.78 is 12.0. The van der Waals surface area contributed by atoms with E-state index < -0.39 is 6.10 Å². The monoisotopic (exact) mass is 368 g/mol. The largest absolute Gasteiger partial charge is 0.486 e. The van der Waals surface area contributed by atoms with E-state index in [1.54, 1.807) is 12.1 Å². The fraction of sp³-hybridized carbons (Fsp3) is 0.250. The van der Waals surface area contributed by atoms with Crippen LogP contribution in [0, 0.1) is 6.92 Å². The number of fused-ring (bicyclic) bond motifs is 1. The number of hydrogen-bond donors (Lipinski definition) is 1. The lowest BCUT2D eigenvalue weighted by molar-refractivity contribution is 0.169. The maximum atomic E-state index is 10.6. The lowest BCUT2D eigenvalue weighted by Crippen LogP contribution is -2.16. The Balaban J connectivity index is 2.00. The van der Waals surface area contributed by atoms with Crippen molar-refractivity contribution in [3.8, 4) is 11.5 Å². The summed E-state index contributed by atoms with van der Waals surface area (Å²) in [5, 5.41) is 11.0. The smallest absolute Gasteiger partial charge is 0.162 e. The van der Waals surface area contributed by atoms with Crippen molar-refractivity contribution in [2.24, 2.45) is 0 Å². The van der Waals surface area contributed by atoms with Gasteiger partial charge in [0.2, 0.25) is 0 Å². The second kappa shape index (κ2) is 5.87. The van der Waals surface area contributed by atoms with Gasteiger partial charge in [0.25, 0.3) is 0 Å². The lowest BCUT2D eigenvalue weighted by atomic mass is 10.00. The molecule has 110 valence electrons. The molecule has 0 bridgehead atoms. The van der Waals surface area contributed by atoms with Crippen molar-refractivity contribution in [3.05, 3.63) is 56.5 Å². The minimum Gasteiger partial charge on any atom is -0.486 e. The van der Waals surface area contributed by atoms with E-state index in [0.29, 0.717) is 35.3 Å². The number of aliphatic hydroxyl groups excluding tert-OH is 1. The molecule has 2 aromatic rings. The molecule has 2 aromatic carbocycles. The fourth-order valence-electron chi connectivity index (χ4n) is 2.25. The summed E-state index contributed by atoms with van der Waals surface area (Å²) in [6.45, 7) is 3.01. The Morgan fingerprint density at radius 2 is 1.81 bits per heavy atom. The van der Waals surface area contributed by atoms with Crippen LogP contribution in [0.15, 0.2) is 34.8 Å². The molecule has 1 N–H and O–H groups in total. The van der Waals surface area contributed by atoms with Crippen LogP contribution in [-0.4, -0.2) is 18.3 Å². The molecule has 1 unspecified atom stereocenters. The molecule has 0 amide bonds. The van der Waals surface area contributed by atoms with Gasteiger partial charge in [0.05, 0.1) is 5.02 Å². The average molecular weight is 370 g/mol. The number of benzene rings is 2. The van der Waals surface area contributed by atoms with E-state index in [9.17, 15) is 5.11 Å². The summed E-state index contributed by atoms with van der Waals surface area (Å²) in [5.74, 6) is 1.23. The third kappa shape index (κ3) is 2.89. The molecule has 0 aromatic heterocycles. The second-order valence-corrected chi connectivity index (χ2v) is 6.19. The molecule has 0 radical (unpaired) electrons. The van der Waals surface area contributed by atoms with Crippen LogP contribution in [-0.2, 0) is 0 Å². The Kier molecular flexibility index (Phi) is 4.11. The van der Waals surface area contributed by atoms with Crippen LogP contribution in [0.1, 0.15) is 22.8 Å². The Labute approximate surface area is 136 Å². The Morgan fingerprint density at radius 1 is 1.14 bits per heavy atom. The van der Waals surface area contributed by atoms with Crippen molar-refractivity contribution in [3.63, 3.8) is 0 Å². The summed E-state index contributed by atoms with van der Waals surface area (Å²) in [7, 11) is 0. The highest BCUT2D eigenvalue weighted by atomic mass is 79.9. The van der Waals surface area contributed by atoms with Crippen LogP contribution in [0.2, 0.25) is 5.02 Å². The molecule has 3 rings (SSSR count). The van der Waals surface area contributed by atoms with E-state index >= 15 is 0 Å². The number of ether oxygens (including phenoxy) is 2. The van der Waals surface area contributed by atoms with Crippen molar-refractivity contribution in [2.45, 2.75) is 13.0 Å². The van der Waals surface area contributed by atoms with E-state index in [2.05, 4.69) is 15.9 Å². The number of aryl methyl sites for hydroxylation is 1. The highest BCUT2D eigenvalue weighted by molar-refractivity contribution is 9.10. The van der Waals surface area contributed by atoms with Gasteiger partial charge in [-0.1, -0.05) is 39.7 Å². The van der Waals surface area contributed by atoms with E-state index in [-0.39, 0.29) is 0 Å². The number of halogens is 2. The molecule has 1 aliphatic rings. The van der Waals surface area contributed by atoms with Gasteiger partial charge in [-0.2, -0.15) is 0 Å². The molecule has 1 aliphatic heterocycles. The highest BCUT2D eigenvalue weighted by Crippen LogP contribution is 2.39. The van der Waals surface area contributed by atoms with Gasteiger partial charge in [0.15, 0.2) is 11.5 Å². The zero-order valence-electron chi connectivity index (χ0n) is 11.4. The number of rotatable bonds is 2. The minimum atomic E-state index is -0.815.